The zero-order chi connectivity index (χ0) is 17.5. The van der Waals surface area contributed by atoms with Crippen LogP contribution in [-0.2, 0) is 14.1 Å². The summed E-state index contributed by atoms with van der Waals surface area (Å²) in [7, 11) is -0.410. The van der Waals surface area contributed by atoms with E-state index in [2.05, 4.69) is 17.2 Å². The van der Waals surface area contributed by atoms with Crippen LogP contribution < -0.4 is 10.8 Å². The van der Waals surface area contributed by atoms with E-state index in [0.717, 1.165) is 16.7 Å². The fourth-order valence-electron chi connectivity index (χ4n) is 2.41. The number of carbonyl (C=O) groups is 1. The molecule has 1 aromatic heterocycles. The molecule has 0 unspecified atom stereocenters. The Kier molecular flexibility index (Phi) is 4.27. The maximum atomic E-state index is 11.0. The van der Waals surface area contributed by atoms with E-state index in [1.54, 1.807) is 0 Å². The lowest BCUT2D eigenvalue weighted by molar-refractivity contribution is -0.112. The first-order chi connectivity index (χ1) is 11.2. The molecular weight excluding hydrogens is 323 g/mol. The smallest absolute Gasteiger partial charge is 0.399 e. The second-order valence-electron chi connectivity index (χ2n) is 6.80. The summed E-state index contributed by atoms with van der Waals surface area (Å²) in [5, 5.41) is 5.02. The quantitative estimate of drug-likeness (QED) is 0.871. The fraction of sp³-hybridized carbons (Fsp3) is 0.353. The Morgan fingerprint density at radius 3 is 2.54 bits per heavy atom. The van der Waals surface area contributed by atoms with Gasteiger partial charge in [-0.1, -0.05) is 24.3 Å². The van der Waals surface area contributed by atoms with Crippen LogP contribution in [0.4, 0.5) is 5.13 Å². The van der Waals surface area contributed by atoms with Gasteiger partial charge in [-0.05, 0) is 33.2 Å². The third-order valence-corrected chi connectivity index (χ3v) is 5.22. The lowest BCUT2D eigenvalue weighted by Gasteiger charge is -2.32. The minimum Gasteiger partial charge on any atom is -0.399 e. The Hall–Kier alpha value is -1.70. The minimum atomic E-state index is -0.410. The van der Waals surface area contributed by atoms with Crippen LogP contribution in [0.1, 0.15) is 27.7 Å². The predicted octanol–water partition coefficient (Wildman–Crippen LogP) is 2.88. The van der Waals surface area contributed by atoms with Gasteiger partial charge in [0.25, 0.3) is 0 Å². The van der Waals surface area contributed by atoms with Gasteiger partial charge in [0.05, 0.1) is 16.9 Å². The average Bonchev–Trinajstić information content (AvgIpc) is 3.01. The zero-order valence-electron chi connectivity index (χ0n) is 14.3. The van der Waals surface area contributed by atoms with Crippen LogP contribution in [0, 0.1) is 6.92 Å². The van der Waals surface area contributed by atoms with Crippen LogP contribution in [0.5, 0.6) is 0 Å². The molecule has 1 aliphatic rings. The monoisotopic (exact) mass is 343 g/mol. The number of amides is 1. The summed E-state index contributed by atoms with van der Waals surface area (Å²) in [6.07, 6.45) is 0. The lowest BCUT2D eigenvalue weighted by Crippen LogP contribution is -2.41. The molecule has 1 aliphatic heterocycles. The van der Waals surface area contributed by atoms with Crippen LogP contribution in [-0.4, -0.2) is 29.2 Å². The van der Waals surface area contributed by atoms with Gasteiger partial charge in [0, 0.05) is 17.9 Å². The van der Waals surface area contributed by atoms with Gasteiger partial charge in [-0.25, -0.2) is 4.98 Å². The van der Waals surface area contributed by atoms with Gasteiger partial charge in [0.2, 0.25) is 5.91 Å². The molecule has 0 aliphatic carbocycles. The highest BCUT2D eigenvalue weighted by molar-refractivity contribution is 7.14. The molecule has 1 radical (unpaired) electrons. The largest absolute Gasteiger partial charge is 0.494 e. The highest BCUT2D eigenvalue weighted by Crippen LogP contribution is 2.36. The Morgan fingerprint density at radius 2 is 1.92 bits per heavy atom. The van der Waals surface area contributed by atoms with Crippen LogP contribution in [0.2, 0.25) is 0 Å². The molecule has 0 spiro atoms. The summed E-state index contributed by atoms with van der Waals surface area (Å²) in [5.41, 5.74) is 1.94. The van der Waals surface area contributed by atoms with E-state index in [1.807, 2.05) is 57.3 Å². The van der Waals surface area contributed by atoms with Crippen molar-refractivity contribution in [3.05, 3.63) is 36.6 Å². The highest BCUT2D eigenvalue weighted by atomic mass is 32.1. The molecule has 1 saturated heterocycles. The molecular formula is C17H20BN2O3S. The summed E-state index contributed by atoms with van der Waals surface area (Å²) < 4.78 is 12.2. The van der Waals surface area contributed by atoms with E-state index >= 15 is 0 Å². The van der Waals surface area contributed by atoms with Crippen molar-refractivity contribution in [1.29, 1.82) is 0 Å². The molecule has 0 bridgehead atoms. The Labute approximate surface area is 146 Å². The van der Waals surface area contributed by atoms with Gasteiger partial charge in [-0.3, -0.25) is 4.79 Å². The Bertz CT molecular complexity index is 757. The van der Waals surface area contributed by atoms with Crippen LogP contribution in [0.25, 0.3) is 11.3 Å². The SMILES string of the molecule is [CH2]C(=O)Nc1nc(-c2cccc(B3OC(C)(C)C(C)(C)O3)c2)cs1. The number of hydrogen-bond acceptors (Lipinski definition) is 5. The van der Waals surface area contributed by atoms with Gasteiger partial charge >= 0.3 is 7.12 Å². The lowest BCUT2D eigenvalue weighted by atomic mass is 9.78. The van der Waals surface area contributed by atoms with Crippen LogP contribution >= 0.6 is 11.3 Å². The van der Waals surface area contributed by atoms with E-state index in [9.17, 15) is 4.79 Å². The van der Waals surface area contributed by atoms with E-state index in [4.69, 9.17) is 9.31 Å². The number of benzene rings is 1. The number of hydrogen-bond donors (Lipinski definition) is 1. The molecule has 1 N–H and O–H groups in total. The third-order valence-electron chi connectivity index (χ3n) is 4.46. The van der Waals surface area contributed by atoms with Gasteiger partial charge in [0.1, 0.15) is 0 Å². The van der Waals surface area contributed by atoms with Crippen LogP contribution in [0.15, 0.2) is 29.6 Å². The van der Waals surface area contributed by atoms with Crippen molar-refractivity contribution in [2.45, 2.75) is 38.9 Å². The van der Waals surface area contributed by atoms with Crippen molar-refractivity contribution < 1.29 is 14.1 Å². The van der Waals surface area contributed by atoms with E-state index in [0.29, 0.717) is 5.13 Å². The van der Waals surface area contributed by atoms with Gasteiger partial charge in [-0.15, -0.1) is 11.3 Å². The Balaban J connectivity index is 1.85. The number of aromatic nitrogens is 1. The highest BCUT2D eigenvalue weighted by Gasteiger charge is 2.51. The molecule has 3 rings (SSSR count). The molecule has 125 valence electrons. The van der Waals surface area contributed by atoms with Crippen molar-refractivity contribution in [1.82, 2.24) is 4.98 Å². The second-order valence-corrected chi connectivity index (χ2v) is 7.66. The van der Waals surface area contributed by atoms with Gasteiger partial charge in [-0.2, -0.15) is 0 Å². The molecule has 1 amide bonds. The number of thiazole rings is 1. The number of rotatable bonds is 3. The minimum absolute atomic E-state index is 0.373. The standard InChI is InChI=1S/C17H20BN2O3S/c1-11(21)19-15-20-14(10-24-15)12-7-6-8-13(9-12)18-22-16(2,3)17(4,5)23-18/h6-10H,1H2,2-5H3,(H,19,20,21). The van der Waals surface area contributed by atoms with Crippen molar-refractivity contribution in [2.24, 2.45) is 0 Å². The molecule has 24 heavy (non-hydrogen) atoms. The summed E-state index contributed by atoms with van der Waals surface area (Å²) in [5.74, 6) is -0.373. The average molecular weight is 343 g/mol. The molecule has 1 fully saturated rings. The normalized spacial score (nSPS) is 18.6. The molecule has 1 aromatic carbocycles. The third kappa shape index (κ3) is 3.24. The molecule has 2 aromatic rings. The summed E-state index contributed by atoms with van der Waals surface area (Å²) in [6, 6.07) is 7.91. The molecule has 5 nitrogen and oxygen atoms in total. The summed E-state index contributed by atoms with van der Waals surface area (Å²) in [6.45, 7) is 11.4. The summed E-state index contributed by atoms with van der Waals surface area (Å²) >= 11 is 1.36. The second kappa shape index (κ2) is 5.99. The van der Waals surface area contributed by atoms with Crippen molar-refractivity contribution >= 4 is 35.0 Å². The first-order valence-corrected chi connectivity index (χ1v) is 8.60. The summed E-state index contributed by atoms with van der Waals surface area (Å²) in [4.78, 5) is 15.4. The van der Waals surface area contributed by atoms with Crippen molar-refractivity contribution in [3.63, 3.8) is 0 Å². The predicted molar refractivity (Wildman–Crippen MR) is 97.3 cm³/mol. The molecule has 0 saturated carbocycles. The van der Waals surface area contributed by atoms with Crippen LogP contribution in [0.3, 0.4) is 0 Å². The van der Waals surface area contributed by atoms with E-state index in [-0.39, 0.29) is 17.1 Å². The fourth-order valence-corrected chi connectivity index (χ4v) is 3.14. The first-order valence-electron chi connectivity index (χ1n) is 7.72. The first kappa shape index (κ1) is 17.1. The number of anilines is 1. The topological polar surface area (TPSA) is 60.5 Å². The van der Waals surface area contributed by atoms with Crippen molar-refractivity contribution in [3.8, 4) is 11.3 Å². The van der Waals surface area contributed by atoms with Crippen molar-refractivity contribution in [2.75, 3.05) is 5.32 Å². The number of nitrogens with one attached hydrogen (secondary N) is 1. The molecule has 0 atom stereocenters. The molecule has 7 heteroatoms. The van der Waals surface area contributed by atoms with Gasteiger partial charge < -0.3 is 14.6 Å². The zero-order valence-corrected chi connectivity index (χ0v) is 15.1. The van der Waals surface area contributed by atoms with Gasteiger partial charge in [0.15, 0.2) is 5.13 Å². The molecule has 2 heterocycles. The van der Waals surface area contributed by atoms with E-state index in [1.165, 1.54) is 11.3 Å². The number of carbonyl (C=O) groups excluding carboxylic acids is 1. The maximum Gasteiger partial charge on any atom is 0.494 e. The number of nitrogens with zero attached hydrogens (tertiary/aromatic N) is 1. The Morgan fingerprint density at radius 1 is 1.25 bits per heavy atom. The maximum absolute atomic E-state index is 11.0. The van der Waals surface area contributed by atoms with E-state index < -0.39 is 7.12 Å².